The SMILES string of the molecule is COc1cc(N2CCN(C3CCC(c4c[nH]c5cc(C(F)(F)F)ccc45)CC3)CC2)c2ncccc2c1.COc1cc(N2CCNCC2)c2ncccc2c1.[C-]#[N+]c1ccc2c(C3CCC(=O)CC3)c[nH]c2c1. The Morgan fingerprint density at radius 2 is 1.18 bits per heavy atom. The molecule has 3 N–H and O–H groups in total. The number of carbonyl (C=O) groups is 1. The predicted octanol–water partition coefficient (Wildman–Crippen LogP) is 12.2. The number of methoxy groups -OCH3 is 2. The van der Waals surface area contributed by atoms with Crippen molar-refractivity contribution in [3.63, 3.8) is 0 Å². The van der Waals surface area contributed by atoms with E-state index in [1.165, 1.54) is 28.8 Å². The number of carbonyl (C=O) groups excluding carboxylic acids is 1. The highest BCUT2D eigenvalue weighted by molar-refractivity contribution is 5.94. The average Bonchev–Trinajstić information content (AvgIpc) is 4.07. The Bertz CT molecular complexity index is 3240. The molecule has 15 heteroatoms. The number of aromatic amines is 2. The van der Waals surface area contributed by atoms with E-state index in [2.05, 4.69) is 69.1 Å². The second-order valence-corrected chi connectivity index (χ2v) is 19.6. The number of nitrogens with one attached hydrogen (secondary N) is 3. The molecule has 12 nitrogen and oxygen atoms in total. The van der Waals surface area contributed by atoms with Gasteiger partial charge in [0, 0.05) is 141 Å². The van der Waals surface area contributed by atoms with E-state index in [1.807, 2.05) is 67.3 Å². The van der Waals surface area contributed by atoms with Gasteiger partial charge in [0.25, 0.3) is 0 Å². The van der Waals surface area contributed by atoms with Gasteiger partial charge in [-0.25, -0.2) is 4.85 Å². The fraction of sp³-hybridized carbons (Fsp3) is 0.379. The number of Topliss-reactive ketones (excluding diaryl/α,β-unsaturated/α-hetero) is 1. The number of nitrogens with zero attached hydrogens (tertiary/aromatic N) is 6. The quantitative estimate of drug-likeness (QED) is 0.134. The molecule has 4 fully saturated rings. The molecule has 0 spiro atoms. The number of H-pyrrole nitrogens is 2. The lowest BCUT2D eigenvalue weighted by Crippen LogP contribution is -2.51. The number of halogens is 3. The minimum atomic E-state index is -4.32. The van der Waals surface area contributed by atoms with Crippen LogP contribution in [0.4, 0.5) is 30.2 Å². The van der Waals surface area contributed by atoms with E-state index in [-0.39, 0.29) is 0 Å². The van der Waals surface area contributed by atoms with Gasteiger partial charge in [0.05, 0.1) is 48.8 Å². The maximum absolute atomic E-state index is 13.1. The normalized spacial score (nSPS) is 19.0. The summed E-state index contributed by atoms with van der Waals surface area (Å²) in [5.74, 6) is 3.00. The largest absolute Gasteiger partial charge is 0.497 e. The molecule has 0 atom stereocenters. The topological polar surface area (TPSA) is 119 Å². The lowest BCUT2D eigenvalue weighted by Gasteiger charge is -2.42. The van der Waals surface area contributed by atoms with Crippen molar-refractivity contribution in [2.75, 3.05) is 76.4 Å². The van der Waals surface area contributed by atoms with E-state index in [0.29, 0.717) is 47.7 Å². The summed E-state index contributed by atoms with van der Waals surface area (Å²) in [6, 6.07) is 26.7. The Morgan fingerprint density at radius 1 is 0.644 bits per heavy atom. The number of fused-ring (bicyclic) bond motifs is 4. The Hall–Kier alpha value is -7.15. The smallest absolute Gasteiger partial charge is 0.416 e. The molecule has 73 heavy (non-hydrogen) atoms. The summed E-state index contributed by atoms with van der Waals surface area (Å²) in [6.45, 7) is 15.0. The molecule has 4 aromatic heterocycles. The molecule has 6 heterocycles. The standard InChI is InChI=1S/C29H31F3N4O.C15H14N2O.C14H17N3O/c1-37-23-15-20-3-2-10-33-28(20)27(17-23)36-13-11-35(12-14-36)22-7-4-19(5-8-22)25-18-34-26-16-21(29(30,31)32)6-9-24(25)26;1-16-11-4-7-13-14(9-17-15(13)8-11)10-2-5-12(18)6-3-10;1-18-12-9-11-3-2-4-16-14(11)13(10-12)17-7-5-15-6-8-17/h2-3,6,9-10,15-19,22,34H,4-5,7-8,11-14H2,1H3;4,7-10,17H,2-3,5-6H2;2-4,9-10,15H,5-8H2,1H3. The lowest BCUT2D eigenvalue weighted by molar-refractivity contribution is -0.137. The zero-order valence-corrected chi connectivity index (χ0v) is 41.5. The fourth-order valence-electron chi connectivity index (χ4n) is 11.5. The minimum Gasteiger partial charge on any atom is -0.497 e. The van der Waals surface area contributed by atoms with E-state index < -0.39 is 11.7 Å². The summed E-state index contributed by atoms with van der Waals surface area (Å²) in [5, 5.41) is 7.70. The summed E-state index contributed by atoms with van der Waals surface area (Å²) >= 11 is 0. The van der Waals surface area contributed by atoms with Crippen LogP contribution >= 0.6 is 0 Å². The van der Waals surface area contributed by atoms with Gasteiger partial charge in [0.15, 0.2) is 5.69 Å². The van der Waals surface area contributed by atoms with Crippen molar-refractivity contribution in [3.05, 3.63) is 138 Å². The van der Waals surface area contributed by atoms with Gasteiger partial charge in [-0.3, -0.25) is 19.7 Å². The second kappa shape index (κ2) is 21.9. The van der Waals surface area contributed by atoms with Gasteiger partial charge in [-0.15, -0.1) is 0 Å². The Labute approximate surface area is 423 Å². The molecule has 2 saturated carbocycles. The highest BCUT2D eigenvalue weighted by atomic mass is 19.4. The van der Waals surface area contributed by atoms with E-state index in [4.69, 9.17) is 16.0 Å². The molecule has 2 aliphatic carbocycles. The maximum Gasteiger partial charge on any atom is 0.416 e. The van der Waals surface area contributed by atoms with Crippen LogP contribution in [0.1, 0.15) is 79.9 Å². The number of hydrogen-bond acceptors (Lipinski definition) is 9. The third-order valence-corrected chi connectivity index (χ3v) is 15.4. The first kappa shape index (κ1) is 49.4. The number of aromatic nitrogens is 4. The van der Waals surface area contributed by atoms with Crippen LogP contribution in [0.25, 0.3) is 48.5 Å². The summed E-state index contributed by atoms with van der Waals surface area (Å²) in [6.07, 6.45) is 11.0. The third-order valence-electron chi connectivity index (χ3n) is 15.4. The zero-order chi connectivity index (χ0) is 50.5. The van der Waals surface area contributed by atoms with Gasteiger partial charge in [-0.1, -0.05) is 30.3 Å². The molecule has 0 unspecified atom stereocenters. The van der Waals surface area contributed by atoms with E-state index in [9.17, 15) is 18.0 Å². The van der Waals surface area contributed by atoms with Crippen LogP contribution in [0.5, 0.6) is 11.5 Å². The minimum absolute atomic E-state index is 0.386. The van der Waals surface area contributed by atoms with Gasteiger partial charge in [0.2, 0.25) is 0 Å². The number of pyridine rings is 2. The molecule has 0 amide bonds. The first-order valence-corrected chi connectivity index (χ1v) is 25.6. The van der Waals surface area contributed by atoms with Crippen LogP contribution in [0.2, 0.25) is 0 Å². The van der Waals surface area contributed by atoms with Crippen molar-refractivity contribution in [1.29, 1.82) is 0 Å². The molecule has 378 valence electrons. The number of hydrogen-bond donors (Lipinski definition) is 3. The molecule has 0 bridgehead atoms. The van der Waals surface area contributed by atoms with E-state index in [0.717, 1.165) is 146 Å². The van der Waals surface area contributed by atoms with Crippen molar-refractivity contribution >= 4 is 66.5 Å². The summed E-state index contributed by atoms with van der Waals surface area (Å²) in [5.41, 5.74) is 8.48. The van der Waals surface area contributed by atoms with Crippen molar-refractivity contribution in [1.82, 2.24) is 30.2 Å². The number of ether oxygens (including phenoxy) is 2. The molecule has 8 aromatic rings. The molecule has 4 aliphatic rings. The van der Waals surface area contributed by atoms with Gasteiger partial charge in [-0.2, -0.15) is 13.2 Å². The summed E-state index contributed by atoms with van der Waals surface area (Å²) in [4.78, 5) is 37.6. The van der Waals surface area contributed by atoms with Crippen LogP contribution < -0.4 is 24.6 Å². The number of ketones is 1. The maximum atomic E-state index is 13.1. The first-order chi connectivity index (χ1) is 35.6. The Balaban J connectivity index is 0.000000141. The Morgan fingerprint density at radius 3 is 1.73 bits per heavy atom. The highest BCUT2D eigenvalue weighted by Gasteiger charge is 2.33. The van der Waals surface area contributed by atoms with Gasteiger partial charge in [0.1, 0.15) is 17.3 Å². The predicted molar refractivity (Wildman–Crippen MR) is 285 cm³/mol. The van der Waals surface area contributed by atoms with E-state index in [1.54, 1.807) is 20.3 Å². The van der Waals surface area contributed by atoms with Crippen molar-refractivity contribution in [2.24, 2.45) is 0 Å². The van der Waals surface area contributed by atoms with Crippen LogP contribution in [-0.2, 0) is 11.0 Å². The monoisotopic (exact) mass is 989 g/mol. The molecular weight excluding hydrogens is 928 g/mol. The van der Waals surface area contributed by atoms with Crippen LogP contribution in [-0.4, -0.2) is 103 Å². The number of piperazine rings is 2. The highest BCUT2D eigenvalue weighted by Crippen LogP contribution is 2.41. The molecule has 2 aliphatic heterocycles. The number of alkyl halides is 3. The Kier molecular flexibility index (Phi) is 14.8. The van der Waals surface area contributed by atoms with Crippen molar-refractivity contribution in [2.45, 2.75) is 75.4 Å². The van der Waals surface area contributed by atoms with Gasteiger partial charge >= 0.3 is 6.18 Å². The van der Waals surface area contributed by atoms with Crippen molar-refractivity contribution < 1.29 is 27.4 Å². The molecule has 4 aromatic carbocycles. The van der Waals surface area contributed by atoms with Crippen molar-refractivity contribution in [3.8, 4) is 11.5 Å². The fourth-order valence-corrected chi connectivity index (χ4v) is 11.5. The first-order valence-electron chi connectivity index (χ1n) is 25.6. The third kappa shape index (κ3) is 11.0. The number of benzene rings is 4. The molecule has 12 rings (SSSR count). The van der Waals surface area contributed by atoms with Crippen LogP contribution in [0, 0.1) is 6.57 Å². The number of rotatable bonds is 7. The molecular formula is C58H62F3N9O3. The average molecular weight is 990 g/mol. The number of anilines is 2. The van der Waals surface area contributed by atoms with E-state index >= 15 is 0 Å². The second-order valence-electron chi connectivity index (χ2n) is 19.6. The zero-order valence-electron chi connectivity index (χ0n) is 41.5. The summed E-state index contributed by atoms with van der Waals surface area (Å²) < 4.78 is 50.2. The van der Waals surface area contributed by atoms with Gasteiger partial charge < -0.3 is 34.6 Å². The molecule has 2 saturated heterocycles. The van der Waals surface area contributed by atoms with Crippen LogP contribution in [0.15, 0.2) is 110 Å². The lowest BCUT2D eigenvalue weighted by atomic mass is 9.81. The molecule has 0 radical (unpaired) electrons. The van der Waals surface area contributed by atoms with Crippen LogP contribution in [0.3, 0.4) is 0 Å². The summed E-state index contributed by atoms with van der Waals surface area (Å²) in [7, 11) is 3.41. The van der Waals surface area contributed by atoms with Gasteiger partial charge in [-0.05, 0) is 104 Å².